The fourth-order valence-electron chi connectivity index (χ4n) is 2.88. The van der Waals surface area contributed by atoms with Crippen LogP contribution in [0.4, 0.5) is 4.79 Å². The van der Waals surface area contributed by atoms with E-state index in [0.29, 0.717) is 13.1 Å². The number of carbonyl (C=O) groups is 1. The minimum absolute atomic E-state index is 0.00607. The molecule has 0 bridgehead atoms. The van der Waals surface area contributed by atoms with Crippen molar-refractivity contribution >= 4 is 6.03 Å². The molecule has 2 amide bonds. The fourth-order valence-corrected chi connectivity index (χ4v) is 2.88. The second-order valence-corrected chi connectivity index (χ2v) is 4.93. The van der Waals surface area contributed by atoms with Crippen molar-refractivity contribution < 1.29 is 9.90 Å². The molecule has 1 unspecified atom stereocenters. The summed E-state index contributed by atoms with van der Waals surface area (Å²) in [5.41, 5.74) is 4.85. The van der Waals surface area contributed by atoms with E-state index in [9.17, 15) is 4.79 Å². The molecule has 1 aliphatic rings. The molecular weight excluding hydrogens is 228 g/mol. The van der Waals surface area contributed by atoms with Crippen LogP contribution < -0.4 is 5.32 Å². The summed E-state index contributed by atoms with van der Waals surface area (Å²) in [7, 11) is 0. The number of nitrogens with zero attached hydrogens (tertiary/aromatic N) is 1. The summed E-state index contributed by atoms with van der Waals surface area (Å²) in [6.07, 6.45) is 0. The Morgan fingerprint density at radius 3 is 2.50 bits per heavy atom. The third-order valence-electron chi connectivity index (χ3n) is 3.50. The topological polar surface area (TPSA) is 52.6 Å². The monoisotopic (exact) mass is 248 g/mol. The van der Waals surface area contributed by atoms with E-state index in [0.717, 1.165) is 0 Å². The highest BCUT2D eigenvalue weighted by Gasteiger charge is 2.32. The van der Waals surface area contributed by atoms with Gasteiger partial charge in [0.25, 0.3) is 0 Å². The molecule has 98 valence electrons. The molecule has 1 aromatic carbocycles. The molecule has 1 atom stereocenters. The predicted molar refractivity (Wildman–Crippen MR) is 70.6 cm³/mol. The maximum atomic E-state index is 11.7. The van der Waals surface area contributed by atoms with Gasteiger partial charge < -0.3 is 15.3 Å². The summed E-state index contributed by atoms with van der Waals surface area (Å²) in [4.78, 5) is 13.5. The number of aryl methyl sites for hydroxylation is 3. The lowest BCUT2D eigenvalue weighted by atomic mass is 9.94. The second kappa shape index (κ2) is 4.98. The molecule has 18 heavy (non-hydrogen) atoms. The number of aliphatic hydroxyl groups is 1. The van der Waals surface area contributed by atoms with Crippen LogP contribution in [0.2, 0.25) is 0 Å². The summed E-state index contributed by atoms with van der Waals surface area (Å²) >= 11 is 0. The predicted octanol–water partition coefficient (Wildman–Crippen LogP) is 1.67. The third-order valence-corrected chi connectivity index (χ3v) is 3.50. The first-order valence-electron chi connectivity index (χ1n) is 6.27. The van der Waals surface area contributed by atoms with Crippen LogP contribution in [0, 0.1) is 20.8 Å². The van der Waals surface area contributed by atoms with Gasteiger partial charge in [-0.05, 0) is 37.5 Å². The van der Waals surface area contributed by atoms with Gasteiger partial charge in [0.05, 0.1) is 12.6 Å². The van der Waals surface area contributed by atoms with Crippen LogP contribution in [0.1, 0.15) is 28.3 Å². The van der Waals surface area contributed by atoms with Crippen molar-refractivity contribution in [2.24, 2.45) is 0 Å². The number of carbonyl (C=O) groups excluding carboxylic acids is 1. The van der Waals surface area contributed by atoms with Crippen molar-refractivity contribution in [3.8, 4) is 0 Å². The molecule has 0 aromatic heterocycles. The van der Waals surface area contributed by atoms with Gasteiger partial charge >= 0.3 is 6.03 Å². The number of rotatable bonds is 3. The zero-order valence-electron chi connectivity index (χ0n) is 11.2. The van der Waals surface area contributed by atoms with Crippen molar-refractivity contribution in [2.45, 2.75) is 26.8 Å². The van der Waals surface area contributed by atoms with Gasteiger partial charge in [0.15, 0.2) is 0 Å². The van der Waals surface area contributed by atoms with E-state index in [4.69, 9.17) is 5.11 Å². The Morgan fingerprint density at radius 2 is 1.94 bits per heavy atom. The quantitative estimate of drug-likeness (QED) is 0.855. The van der Waals surface area contributed by atoms with E-state index < -0.39 is 0 Å². The van der Waals surface area contributed by atoms with Gasteiger partial charge in [-0.2, -0.15) is 0 Å². The maximum Gasteiger partial charge on any atom is 0.318 e. The standard InChI is InChI=1S/C14H20N2O2/c1-9-6-10(2)13(11(3)7-9)12-8-15-14(18)16(12)4-5-17/h6-7,12,17H,4-5,8H2,1-3H3,(H,15,18). The summed E-state index contributed by atoms with van der Waals surface area (Å²) in [6, 6.07) is 4.23. The molecule has 1 heterocycles. The van der Waals surface area contributed by atoms with Gasteiger partial charge in [-0.15, -0.1) is 0 Å². The summed E-state index contributed by atoms with van der Waals surface area (Å²) in [6.45, 7) is 7.22. The van der Waals surface area contributed by atoms with Crippen LogP contribution in [0.25, 0.3) is 0 Å². The van der Waals surface area contributed by atoms with E-state index in [1.165, 1.54) is 22.3 Å². The van der Waals surface area contributed by atoms with E-state index in [1.54, 1.807) is 4.90 Å². The van der Waals surface area contributed by atoms with Crippen molar-refractivity contribution in [1.82, 2.24) is 10.2 Å². The minimum Gasteiger partial charge on any atom is -0.395 e. The van der Waals surface area contributed by atoms with Crippen molar-refractivity contribution in [1.29, 1.82) is 0 Å². The number of β-amino-alcohol motifs (C(OH)–C–C–N with tert-alkyl or cyclic N) is 1. The van der Waals surface area contributed by atoms with Gasteiger partial charge in [0, 0.05) is 13.1 Å². The van der Waals surface area contributed by atoms with Crippen LogP contribution in [-0.4, -0.2) is 35.7 Å². The first kappa shape index (κ1) is 12.9. The Bertz CT molecular complexity index is 448. The van der Waals surface area contributed by atoms with Gasteiger partial charge in [-0.1, -0.05) is 17.7 Å². The Balaban J connectivity index is 2.39. The molecule has 2 rings (SSSR count). The number of benzene rings is 1. The third kappa shape index (κ3) is 2.20. The normalized spacial score (nSPS) is 19.2. The van der Waals surface area contributed by atoms with Crippen LogP contribution in [-0.2, 0) is 0 Å². The molecule has 1 aromatic rings. The zero-order chi connectivity index (χ0) is 13.3. The zero-order valence-corrected chi connectivity index (χ0v) is 11.2. The van der Waals surface area contributed by atoms with E-state index in [-0.39, 0.29) is 18.7 Å². The number of amides is 2. The molecule has 0 aliphatic carbocycles. The van der Waals surface area contributed by atoms with Crippen LogP contribution in [0.15, 0.2) is 12.1 Å². The minimum atomic E-state index is -0.0894. The Labute approximate surface area is 108 Å². The second-order valence-electron chi connectivity index (χ2n) is 4.93. The number of aliphatic hydroxyl groups excluding tert-OH is 1. The van der Waals surface area contributed by atoms with Crippen LogP contribution in [0.5, 0.6) is 0 Å². The molecule has 0 radical (unpaired) electrons. The van der Waals surface area contributed by atoms with Crippen molar-refractivity contribution in [3.63, 3.8) is 0 Å². The van der Waals surface area contributed by atoms with Gasteiger partial charge in [-0.3, -0.25) is 0 Å². The Hall–Kier alpha value is -1.55. The highest BCUT2D eigenvalue weighted by Crippen LogP contribution is 2.30. The smallest absolute Gasteiger partial charge is 0.318 e. The first-order valence-corrected chi connectivity index (χ1v) is 6.27. The Kier molecular flexibility index (Phi) is 3.57. The maximum absolute atomic E-state index is 11.7. The number of hydrogen-bond donors (Lipinski definition) is 2. The highest BCUT2D eigenvalue weighted by molar-refractivity contribution is 5.77. The highest BCUT2D eigenvalue weighted by atomic mass is 16.3. The number of hydrogen-bond acceptors (Lipinski definition) is 2. The molecule has 0 saturated carbocycles. The first-order chi connectivity index (χ1) is 8.54. The number of nitrogens with one attached hydrogen (secondary N) is 1. The van der Waals surface area contributed by atoms with Crippen LogP contribution in [0.3, 0.4) is 0 Å². The number of urea groups is 1. The molecule has 2 N–H and O–H groups in total. The molecule has 0 spiro atoms. The molecular formula is C14H20N2O2. The lowest BCUT2D eigenvalue weighted by Crippen LogP contribution is -2.32. The Morgan fingerprint density at radius 1 is 1.33 bits per heavy atom. The fraction of sp³-hybridized carbons (Fsp3) is 0.500. The van der Waals surface area contributed by atoms with E-state index in [2.05, 4.69) is 38.2 Å². The average Bonchev–Trinajstić information content (AvgIpc) is 2.61. The SMILES string of the molecule is Cc1cc(C)c(C2CNC(=O)N2CCO)c(C)c1. The van der Waals surface area contributed by atoms with Crippen LogP contribution >= 0.6 is 0 Å². The average molecular weight is 248 g/mol. The molecule has 1 aliphatic heterocycles. The molecule has 4 nitrogen and oxygen atoms in total. The largest absolute Gasteiger partial charge is 0.395 e. The lowest BCUT2D eigenvalue weighted by Gasteiger charge is -2.25. The molecule has 1 fully saturated rings. The summed E-state index contributed by atoms with van der Waals surface area (Å²) < 4.78 is 0. The van der Waals surface area contributed by atoms with E-state index >= 15 is 0 Å². The summed E-state index contributed by atoms with van der Waals surface area (Å²) in [5, 5.41) is 11.9. The van der Waals surface area contributed by atoms with Crippen molar-refractivity contribution in [2.75, 3.05) is 19.7 Å². The lowest BCUT2D eigenvalue weighted by molar-refractivity contribution is 0.179. The molecule has 4 heteroatoms. The van der Waals surface area contributed by atoms with Gasteiger partial charge in [-0.25, -0.2) is 4.79 Å². The van der Waals surface area contributed by atoms with E-state index in [1.807, 2.05) is 0 Å². The van der Waals surface area contributed by atoms with Gasteiger partial charge in [0.1, 0.15) is 0 Å². The van der Waals surface area contributed by atoms with Crippen molar-refractivity contribution in [3.05, 3.63) is 34.4 Å². The molecule has 1 saturated heterocycles. The van der Waals surface area contributed by atoms with Gasteiger partial charge in [0.2, 0.25) is 0 Å². The summed E-state index contributed by atoms with van der Waals surface area (Å²) in [5.74, 6) is 0.